The minimum Gasteiger partial charge on any atom is -0.497 e. The van der Waals surface area contributed by atoms with Crippen molar-refractivity contribution in [2.24, 2.45) is 0 Å². The highest BCUT2D eigenvalue weighted by molar-refractivity contribution is 5.90. The molecule has 6 rings (SSSR count). The number of aromatic nitrogens is 2. The standard InChI is InChI=1S/C26H29N5O4/c1-33-19-3-4-22-21(14-19)25(28-16-27-22)31-8-6-30(7-9-31)15-18-13-20(26(32)29-18)17-2-5-23-24(12-17)35-11-10-34-23/h2-5,12,14,16,18,20H,6-11,13,15H2,1H3,(H,29,32). The summed E-state index contributed by atoms with van der Waals surface area (Å²) in [6, 6.07) is 11.9. The molecule has 2 unspecified atom stereocenters. The van der Waals surface area contributed by atoms with Crippen LogP contribution in [0.5, 0.6) is 17.2 Å². The summed E-state index contributed by atoms with van der Waals surface area (Å²) in [5.74, 6) is 3.17. The summed E-state index contributed by atoms with van der Waals surface area (Å²) in [4.78, 5) is 26.5. The quantitative estimate of drug-likeness (QED) is 0.601. The molecule has 2 fully saturated rings. The van der Waals surface area contributed by atoms with Crippen molar-refractivity contribution in [3.8, 4) is 17.2 Å². The van der Waals surface area contributed by atoms with E-state index < -0.39 is 0 Å². The van der Waals surface area contributed by atoms with Crippen LogP contribution in [0.15, 0.2) is 42.7 Å². The highest BCUT2D eigenvalue weighted by Crippen LogP contribution is 2.36. The maximum absolute atomic E-state index is 12.8. The first kappa shape index (κ1) is 21.9. The monoisotopic (exact) mass is 475 g/mol. The van der Waals surface area contributed by atoms with Crippen LogP contribution >= 0.6 is 0 Å². The molecule has 3 aliphatic heterocycles. The molecule has 2 aromatic carbocycles. The lowest BCUT2D eigenvalue weighted by Gasteiger charge is -2.36. The normalized spacial score (nSPS) is 22.3. The molecule has 4 heterocycles. The van der Waals surface area contributed by atoms with E-state index in [2.05, 4.69) is 25.1 Å². The van der Waals surface area contributed by atoms with E-state index in [1.54, 1.807) is 13.4 Å². The van der Waals surface area contributed by atoms with Crippen molar-refractivity contribution in [1.29, 1.82) is 0 Å². The lowest BCUT2D eigenvalue weighted by atomic mass is 9.95. The Morgan fingerprint density at radius 2 is 1.86 bits per heavy atom. The van der Waals surface area contributed by atoms with Crippen molar-refractivity contribution in [1.82, 2.24) is 20.2 Å². The van der Waals surface area contributed by atoms with Crippen molar-refractivity contribution in [2.45, 2.75) is 18.4 Å². The molecule has 35 heavy (non-hydrogen) atoms. The summed E-state index contributed by atoms with van der Waals surface area (Å²) in [5, 5.41) is 4.21. The third-order valence-corrected chi connectivity index (χ3v) is 7.12. The van der Waals surface area contributed by atoms with Gasteiger partial charge in [-0.3, -0.25) is 9.69 Å². The first-order valence-corrected chi connectivity index (χ1v) is 12.1. The molecule has 3 aromatic rings. The highest BCUT2D eigenvalue weighted by atomic mass is 16.6. The number of hydrogen-bond donors (Lipinski definition) is 1. The Hall–Kier alpha value is -3.59. The molecule has 0 aliphatic carbocycles. The van der Waals surface area contributed by atoms with Gasteiger partial charge < -0.3 is 24.4 Å². The summed E-state index contributed by atoms with van der Waals surface area (Å²) in [6.45, 7) is 5.52. The number of fused-ring (bicyclic) bond motifs is 2. The van der Waals surface area contributed by atoms with E-state index in [-0.39, 0.29) is 17.9 Å². The summed E-state index contributed by atoms with van der Waals surface area (Å²) >= 11 is 0. The zero-order valence-electron chi connectivity index (χ0n) is 19.8. The average Bonchev–Trinajstić information content (AvgIpc) is 3.27. The fraction of sp³-hybridized carbons (Fsp3) is 0.423. The van der Waals surface area contributed by atoms with Crippen LogP contribution in [0.3, 0.4) is 0 Å². The molecule has 0 spiro atoms. The summed E-state index contributed by atoms with van der Waals surface area (Å²) < 4.78 is 16.7. The van der Waals surface area contributed by atoms with Gasteiger partial charge in [-0.25, -0.2) is 9.97 Å². The Balaban J connectivity index is 1.08. The second-order valence-corrected chi connectivity index (χ2v) is 9.26. The van der Waals surface area contributed by atoms with Gasteiger partial charge in [-0.1, -0.05) is 6.07 Å². The van der Waals surface area contributed by atoms with Gasteiger partial charge in [0, 0.05) is 44.2 Å². The first-order valence-electron chi connectivity index (χ1n) is 12.1. The molecule has 9 heteroatoms. The Morgan fingerprint density at radius 3 is 2.69 bits per heavy atom. The van der Waals surface area contributed by atoms with E-state index >= 15 is 0 Å². The molecule has 9 nitrogen and oxygen atoms in total. The molecule has 2 saturated heterocycles. The molecule has 3 aliphatic rings. The number of nitrogens with one attached hydrogen (secondary N) is 1. The van der Waals surface area contributed by atoms with Gasteiger partial charge >= 0.3 is 0 Å². The fourth-order valence-corrected chi connectivity index (χ4v) is 5.29. The SMILES string of the molecule is COc1ccc2ncnc(N3CCN(CC4CC(c5ccc6c(c5)OCCO6)C(=O)N4)CC3)c2c1. The van der Waals surface area contributed by atoms with Crippen molar-refractivity contribution in [3.05, 3.63) is 48.3 Å². The Bertz CT molecular complexity index is 1240. The highest BCUT2D eigenvalue weighted by Gasteiger charge is 2.35. The smallest absolute Gasteiger partial charge is 0.227 e. The summed E-state index contributed by atoms with van der Waals surface area (Å²) in [5.41, 5.74) is 1.90. The number of amides is 1. The molecule has 0 saturated carbocycles. The molecule has 1 amide bonds. The number of rotatable bonds is 5. The van der Waals surface area contributed by atoms with E-state index in [4.69, 9.17) is 14.2 Å². The predicted molar refractivity (Wildman–Crippen MR) is 131 cm³/mol. The van der Waals surface area contributed by atoms with Crippen molar-refractivity contribution < 1.29 is 19.0 Å². The number of anilines is 1. The van der Waals surface area contributed by atoms with Crippen LogP contribution in [0.2, 0.25) is 0 Å². The van der Waals surface area contributed by atoms with Crippen molar-refractivity contribution >= 4 is 22.6 Å². The molecular weight excluding hydrogens is 446 g/mol. The van der Waals surface area contributed by atoms with Crippen LogP contribution in [0.4, 0.5) is 5.82 Å². The van der Waals surface area contributed by atoms with E-state index in [1.165, 1.54) is 0 Å². The van der Waals surface area contributed by atoms with Crippen molar-refractivity contribution in [3.63, 3.8) is 0 Å². The van der Waals surface area contributed by atoms with Crippen LogP contribution in [-0.4, -0.2) is 79.9 Å². The zero-order valence-corrected chi connectivity index (χ0v) is 19.8. The fourth-order valence-electron chi connectivity index (χ4n) is 5.29. The number of nitrogens with zero attached hydrogens (tertiary/aromatic N) is 4. The zero-order chi connectivity index (χ0) is 23.8. The van der Waals surface area contributed by atoms with Gasteiger partial charge in [0.05, 0.1) is 18.5 Å². The van der Waals surface area contributed by atoms with E-state index in [1.807, 2.05) is 36.4 Å². The number of piperazine rings is 1. The second kappa shape index (κ2) is 9.22. The number of methoxy groups -OCH3 is 1. The lowest BCUT2D eigenvalue weighted by molar-refractivity contribution is -0.120. The molecule has 1 aromatic heterocycles. The summed E-state index contributed by atoms with van der Waals surface area (Å²) in [6.07, 6.45) is 2.41. The summed E-state index contributed by atoms with van der Waals surface area (Å²) in [7, 11) is 1.67. The van der Waals surface area contributed by atoms with Gasteiger partial charge in [0.1, 0.15) is 31.1 Å². The average molecular weight is 476 g/mol. The minimum absolute atomic E-state index is 0.0896. The largest absolute Gasteiger partial charge is 0.497 e. The Kier molecular flexibility index (Phi) is 5.77. The second-order valence-electron chi connectivity index (χ2n) is 9.26. The van der Waals surface area contributed by atoms with Gasteiger partial charge in [0.2, 0.25) is 5.91 Å². The molecule has 1 N–H and O–H groups in total. The van der Waals surface area contributed by atoms with Gasteiger partial charge in [0.25, 0.3) is 0 Å². The van der Waals surface area contributed by atoms with Crippen LogP contribution in [0.1, 0.15) is 17.9 Å². The van der Waals surface area contributed by atoms with Gasteiger partial charge in [-0.15, -0.1) is 0 Å². The third-order valence-electron chi connectivity index (χ3n) is 7.12. The topological polar surface area (TPSA) is 89.1 Å². The van der Waals surface area contributed by atoms with Crippen LogP contribution in [-0.2, 0) is 4.79 Å². The van der Waals surface area contributed by atoms with Gasteiger partial charge in [-0.2, -0.15) is 0 Å². The number of carbonyl (C=O) groups excluding carboxylic acids is 1. The number of benzene rings is 2. The van der Waals surface area contributed by atoms with Crippen LogP contribution < -0.4 is 24.4 Å². The van der Waals surface area contributed by atoms with Gasteiger partial charge in [-0.05, 0) is 42.3 Å². The lowest BCUT2D eigenvalue weighted by Crippen LogP contribution is -2.50. The Labute approximate surface area is 204 Å². The van der Waals surface area contributed by atoms with Crippen LogP contribution in [0, 0.1) is 0 Å². The number of ether oxygens (including phenoxy) is 3. The first-order chi connectivity index (χ1) is 17.2. The maximum atomic E-state index is 12.8. The number of hydrogen-bond acceptors (Lipinski definition) is 8. The van der Waals surface area contributed by atoms with E-state index in [0.29, 0.717) is 13.2 Å². The van der Waals surface area contributed by atoms with Crippen molar-refractivity contribution in [2.75, 3.05) is 57.9 Å². The molecule has 2 atom stereocenters. The number of carbonyl (C=O) groups is 1. The van der Waals surface area contributed by atoms with E-state index in [0.717, 1.165) is 78.7 Å². The molecular formula is C26H29N5O4. The van der Waals surface area contributed by atoms with E-state index in [9.17, 15) is 4.79 Å². The Morgan fingerprint density at radius 1 is 1.03 bits per heavy atom. The molecule has 0 bridgehead atoms. The minimum atomic E-state index is -0.153. The van der Waals surface area contributed by atoms with Gasteiger partial charge in [0.15, 0.2) is 11.5 Å². The molecule has 0 radical (unpaired) electrons. The molecule has 182 valence electrons. The maximum Gasteiger partial charge on any atom is 0.227 e. The van der Waals surface area contributed by atoms with Crippen LogP contribution in [0.25, 0.3) is 10.9 Å². The third kappa shape index (κ3) is 4.32. The predicted octanol–water partition coefficient (Wildman–Crippen LogP) is 2.20.